The van der Waals surface area contributed by atoms with Gasteiger partial charge in [0.25, 0.3) is 0 Å². The van der Waals surface area contributed by atoms with Gasteiger partial charge in [0, 0.05) is 0 Å². The predicted molar refractivity (Wildman–Crippen MR) is 70.2 cm³/mol. The fourth-order valence-electron chi connectivity index (χ4n) is 1.77. The summed E-state index contributed by atoms with van der Waals surface area (Å²) in [6, 6.07) is 9.02. The van der Waals surface area contributed by atoms with Gasteiger partial charge in [-0.05, 0) is 0 Å². The second-order valence-electron chi connectivity index (χ2n) is 3.98. The molecular formula is C13H22BiN. The second kappa shape index (κ2) is 6.60. The molecule has 0 atom stereocenters. The zero-order chi connectivity index (χ0) is 11.3. The molecule has 0 radical (unpaired) electrons. The molecule has 1 nitrogen and oxygen atoms in total. The Labute approximate surface area is 102 Å². The molecule has 1 rings (SSSR count). The zero-order valence-corrected chi connectivity index (χ0v) is 13.8. The van der Waals surface area contributed by atoms with Gasteiger partial charge in [0.1, 0.15) is 0 Å². The van der Waals surface area contributed by atoms with Crippen molar-refractivity contribution in [3.63, 3.8) is 0 Å². The van der Waals surface area contributed by atoms with Crippen LogP contribution in [0.25, 0.3) is 0 Å². The third-order valence-electron chi connectivity index (χ3n) is 2.76. The fourth-order valence-corrected chi connectivity index (χ4v) is 6.06. The molecule has 0 aromatic heterocycles. The zero-order valence-electron chi connectivity index (χ0n) is 10.3. The molecule has 0 saturated heterocycles. The first kappa shape index (κ1) is 13.1. The number of nitrogens with zero attached hydrogens (tertiary/aromatic N) is 1. The van der Waals surface area contributed by atoms with Gasteiger partial charge in [-0.2, -0.15) is 0 Å². The predicted octanol–water partition coefficient (Wildman–Crippen LogP) is 2.49. The molecule has 0 aliphatic carbocycles. The molecule has 0 heterocycles. The number of rotatable bonds is 5. The van der Waals surface area contributed by atoms with Crippen molar-refractivity contribution in [3.05, 3.63) is 29.8 Å². The summed E-state index contributed by atoms with van der Waals surface area (Å²) in [4.78, 5) is 2.49. The molecule has 15 heavy (non-hydrogen) atoms. The van der Waals surface area contributed by atoms with Gasteiger partial charge in [-0.15, -0.1) is 0 Å². The molecule has 0 aliphatic rings. The van der Waals surface area contributed by atoms with Crippen LogP contribution in [0.15, 0.2) is 24.3 Å². The van der Waals surface area contributed by atoms with Gasteiger partial charge in [-0.1, -0.05) is 0 Å². The van der Waals surface area contributed by atoms with Crippen molar-refractivity contribution in [2.45, 2.75) is 29.7 Å². The van der Waals surface area contributed by atoms with E-state index in [9.17, 15) is 0 Å². The van der Waals surface area contributed by atoms with Crippen LogP contribution in [0.4, 0.5) is 0 Å². The molecule has 0 spiro atoms. The number of hydrogen-bond donors (Lipinski definition) is 0. The summed E-state index contributed by atoms with van der Waals surface area (Å²) < 4.78 is 6.63. The van der Waals surface area contributed by atoms with Gasteiger partial charge < -0.3 is 0 Å². The van der Waals surface area contributed by atoms with E-state index in [2.05, 4.69) is 52.3 Å². The molecule has 2 heteroatoms. The third-order valence-corrected chi connectivity index (χ3v) is 8.20. The Morgan fingerprint density at radius 3 is 2.20 bits per heavy atom. The van der Waals surface area contributed by atoms with E-state index in [1.807, 2.05) is 0 Å². The molecule has 0 unspecified atom stereocenters. The van der Waals surface area contributed by atoms with Crippen LogP contribution < -0.4 is 3.27 Å². The Bertz CT molecular complexity index is 292. The van der Waals surface area contributed by atoms with Crippen LogP contribution >= 0.6 is 0 Å². The molecule has 1 aromatic carbocycles. The maximum atomic E-state index is 2.49. The summed E-state index contributed by atoms with van der Waals surface area (Å²) in [7, 11) is 0. The molecule has 0 amide bonds. The molecule has 84 valence electrons. The molecular weight excluding hydrogens is 379 g/mol. The average Bonchev–Trinajstić information content (AvgIpc) is 2.26. The summed E-state index contributed by atoms with van der Waals surface area (Å²) >= 11 is -1.28. The first-order valence-electron chi connectivity index (χ1n) is 5.66. The van der Waals surface area contributed by atoms with E-state index in [1.54, 1.807) is 8.83 Å². The van der Waals surface area contributed by atoms with Crippen molar-refractivity contribution in [1.29, 1.82) is 0 Å². The topological polar surface area (TPSA) is 3.24 Å². The van der Waals surface area contributed by atoms with E-state index in [0.717, 1.165) is 19.6 Å². The van der Waals surface area contributed by atoms with E-state index in [-0.39, 0.29) is 0 Å². The van der Waals surface area contributed by atoms with E-state index in [0.29, 0.717) is 0 Å². The normalized spacial score (nSPS) is 11.3. The SMILES string of the molecule is CCN(CC)Cc1cccc[c]1[Bi]([CH3])[CH3]. The molecule has 0 bridgehead atoms. The standard InChI is InChI=1S/C11H16N.2CH3.Bi/c1-3-12(4-2)10-11-8-6-5-7-9-11;;;/h5-8H,3-4,10H2,1-2H3;2*1H3;. The maximum absolute atomic E-state index is 2.49. The Morgan fingerprint density at radius 1 is 1.07 bits per heavy atom. The van der Waals surface area contributed by atoms with E-state index < -0.39 is 21.8 Å². The van der Waals surface area contributed by atoms with Gasteiger partial charge in [-0.3, -0.25) is 0 Å². The van der Waals surface area contributed by atoms with Crippen LogP contribution in [-0.4, -0.2) is 39.7 Å². The summed E-state index contributed by atoms with van der Waals surface area (Å²) in [5, 5.41) is 0. The van der Waals surface area contributed by atoms with Crippen LogP contribution in [0.5, 0.6) is 0 Å². The molecule has 0 N–H and O–H groups in total. The molecule has 1 aromatic rings. The Morgan fingerprint density at radius 2 is 1.67 bits per heavy atom. The Kier molecular flexibility index (Phi) is 5.78. The van der Waals surface area contributed by atoms with Crippen molar-refractivity contribution >= 4 is 25.0 Å². The fraction of sp³-hybridized carbons (Fsp3) is 0.538. The summed E-state index contributed by atoms with van der Waals surface area (Å²) in [5.74, 6) is 0. The molecule has 0 fully saturated rings. The minimum absolute atomic E-state index is 1.14. The van der Waals surface area contributed by atoms with Crippen LogP contribution in [0.2, 0.25) is 9.26 Å². The van der Waals surface area contributed by atoms with Gasteiger partial charge >= 0.3 is 102 Å². The molecule has 0 aliphatic heterocycles. The summed E-state index contributed by atoms with van der Waals surface area (Å²) in [6.45, 7) is 7.92. The Hall–Kier alpha value is 0.0631. The van der Waals surface area contributed by atoms with E-state index >= 15 is 0 Å². The summed E-state index contributed by atoms with van der Waals surface area (Å²) in [6.07, 6.45) is 0. The first-order valence-corrected chi connectivity index (χ1v) is 14.4. The van der Waals surface area contributed by atoms with Crippen molar-refractivity contribution in [3.8, 4) is 0 Å². The van der Waals surface area contributed by atoms with Crippen molar-refractivity contribution < 1.29 is 0 Å². The van der Waals surface area contributed by atoms with Crippen LogP contribution in [0.1, 0.15) is 19.4 Å². The van der Waals surface area contributed by atoms with Gasteiger partial charge in [0.15, 0.2) is 0 Å². The minimum atomic E-state index is -1.28. The number of hydrogen-bond acceptors (Lipinski definition) is 1. The second-order valence-corrected chi connectivity index (χ2v) is 12.8. The van der Waals surface area contributed by atoms with Gasteiger partial charge in [0.05, 0.1) is 0 Å². The van der Waals surface area contributed by atoms with Crippen LogP contribution in [0.3, 0.4) is 0 Å². The third kappa shape index (κ3) is 3.85. The van der Waals surface area contributed by atoms with Crippen LogP contribution in [0, 0.1) is 0 Å². The summed E-state index contributed by atoms with van der Waals surface area (Å²) in [5.41, 5.74) is 1.57. The number of benzene rings is 1. The van der Waals surface area contributed by atoms with Crippen LogP contribution in [-0.2, 0) is 6.54 Å². The van der Waals surface area contributed by atoms with Gasteiger partial charge in [-0.25, -0.2) is 0 Å². The first-order chi connectivity index (χ1) is 7.19. The Balaban J connectivity index is 2.83. The monoisotopic (exact) mass is 401 g/mol. The van der Waals surface area contributed by atoms with Crippen molar-refractivity contribution in [2.75, 3.05) is 13.1 Å². The van der Waals surface area contributed by atoms with E-state index in [1.165, 1.54) is 0 Å². The van der Waals surface area contributed by atoms with Gasteiger partial charge in [0.2, 0.25) is 0 Å². The van der Waals surface area contributed by atoms with Crippen molar-refractivity contribution in [2.24, 2.45) is 0 Å². The quantitative estimate of drug-likeness (QED) is 0.686. The average molecular weight is 401 g/mol. The van der Waals surface area contributed by atoms with E-state index in [4.69, 9.17) is 0 Å². The van der Waals surface area contributed by atoms with Crippen molar-refractivity contribution in [1.82, 2.24) is 4.90 Å². The molecule has 0 saturated carbocycles.